The van der Waals surface area contributed by atoms with Crippen molar-refractivity contribution in [3.63, 3.8) is 0 Å². The summed E-state index contributed by atoms with van der Waals surface area (Å²) in [4.78, 5) is 23.7. The summed E-state index contributed by atoms with van der Waals surface area (Å²) in [5, 5.41) is 11.4. The number of hydrogen-bond acceptors (Lipinski definition) is 3. The average molecular weight is 254 g/mol. The number of hydrogen-bond donors (Lipinski definition) is 2. The Kier molecular flexibility index (Phi) is 4.76. The van der Waals surface area contributed by atoms with Crippen LogP contribution in [-0.2, 0) is 11.3 Å². The predicted molar refractivity (Wildman–Crippen MR) is 65.1 cm³/mol. The van der Waals surface area contributed by atoms with Crippen LogP contribution in [0.5, 0.6) is 0 Å². The molecule has 0 aliphatic rings. The standard InChI is InChI=1S/C12H18N2O4/c1-8-4-5-18-10(8)6-13-12(17)14(3)7-9(2)11(15)16/h4-5,9H,6-7H2,1-3H3,(H,13,17)(H,15,16). The molecule has 0 aromatic carbocycles. The number of aryl methyl sites for hydroxylation is 1. The third kappa shape index (κ3) is 3.80. The highest BCUT2D eigenvalue weighted by molar-refractivity contribution is 5.75. The highest BCUT2D eigenvalue weighted by atomic mass is 16.4. The lowest BCUT2D eigenvalue weighted by Gasteiger charge is -2.19. The Labute approximate surface area is 106 Å². The van der Waals surface area contributed by atoms with Gasteiger partial charge in [-0.25, -0.2) is 4.79 Å². The number of rotatable bonds is 5. The van der Waals surface area contributed by atoms with Gasteiger partial charge in [0.1, 0.15) is 5.76 Å². The SMILES string of the molecule is Cc1ccoc1CNC(=O)N(C)CC(C)C(=O)O. The van der Waals surface area contributed by atoms with Crippen molar-refractivity contribution in [3.05, 3.63) is 23.7 Å². The molecule has 0 spiro atoms. The molecule has 6 nitrogen and oxygen atoms in total. The first-order chi connectivity index (χ1) is 8.41. The first-order valence-corrected chi connectivity index (χ1v) is 5.66. The lowest BCUT2D eigenvalue weighted by molar-refractivity contribution is -0.141. The number of nitrogens with zero attached hydrogens (tertiary/aromatic N) is 1. The first kappa shape index (κ1) is 14.1. The zero-order valence-electron chi connectivity index (χ0n) is 10.8. The van der Waals surface area contributed by atoms with Gasteiger partial charge in [-0.05, 0) is 18.6 Å². The molecule has 0 aliphatic carbocycles. The van der Waals surface area contributed by atoms with Crippen molar-refractivity contribution < 1.29 is 19.1 Å². The van der Waals surface area contributed by atoms with E-state index in [2.05, 4.69) is 5.32 Å². The van der Waals surface area contributed by atoms with Crippen LogP contribution in [0.3, 0.4) is 0 Å². The van der Waals surface area contributed by atoms with Gasteiger partial charge in [0.2, 0.25) is 0 Å². The molecule has 1 rings (SSSR count). The van der Waals surface area contributed by atoms with Crippen molar-refractivity contribution in [3.8, 4) is 0 Å². The van der Waals surface area contributed by atoms with Crippen molar-refractivity contribution >= 4 is 12.0 Å². The van der Waals surface area contributed by atoms with Gasteiger partial charge in [0.15, 0.2) is 0 Å². The molecular formula is C12H18N2O4. The molecule has 0 bridgehead atoms. The Hall–Kier alpha value is -1.98. The second-order valence-electron chi connectivity index (χ2n) is 4.31. The number of carboxylic acids is 1. The van der Waals surface area contributed by atoms with Gasteiger partial charge in [-0.2, -0.15) is 0 Å². The van der Waals surface area contributed by atoms with Gasteiger partial charge in [-0.15, -0.1) is 0 Å². The molecule has 1 aromatic heterocycles. The molecule has 1 heterocycles. The van der Waals surface area contributed by atoms with Crippen molar-refractivity contribution in [1.82, 2.24) is 10.2 Å². The van der Waals surface area contributed by atoms with Gasteiger partial charge in [-0.1, -0.05) is 6.92 Å². The van der Waals surface area contributed by atoms with E-state index in [9.17, 15) is 9.59 Å². The smallest absolute Gasteiger partial charge is 0.317 e. The molecule has 1 unspecified atom stereocenters. The van der Waals surface area contributed by atoms with Crippen LogP contribution in [0.15, 0.2) is 16.7 Å². The van der Waals surface area contributed by atoms with Gasteiger partial charge in [-0.3, -0.25) is 4.79 Å². The summed E-state index contributed by atoms with van der Waals surface area (Å²) < 4.78 is 5.19. The third-order valence-corrected chi connectivity index (χ3v) is 2.68. The fourth-order valence-corrected chi connectivity index (χ4v) is 1.45. The Bertz CT molecular complexity index is 427. The fourth-order valence-electron chi connectivity index (χ4n) is 1.45. The molecule has 6 heteroatoms. The molecule has 0 aliphatic heterocycles. The molecule has 100 valence electrons. The van der Waals surface area contributed by atoms with Crippen LogP contribution in [0.1, 0.15) is 18.2 Å². The maximum atomic E-state index is 11.7. The second kappa shape index (κ2) is 6.09. The van der Waals surface area contributed by atoms with E-state index in [4.69, 9.17) is 9.52 Å². The zero-order chi connectivity index (χ0) is 13.7. The predicted octanol–water partition coefficient (Wildman–Crippen LogP) is 1.45. The fraction of sp³-hybridized carbons (Fsp3) is 0.500. The number of aliphatic carboxylic acids is 1. The maximum absolute atomic E-state index is 11.7. The lowest BCUT2D eigenvalue weighted by Crippen LogP contribution is -2.40. The summed E-state index contributed by atoms with van der Waals surface area (Å²) in [6.07, 6.45) is 1.56. The minimum absolute atomic E-state index is 0.165. The number of carbonyl (C=O) groups is 2. The molecule has 2 N–H and O–H groups in total. The normalized spacial score (nSPS) is 11.9. The number of carbonyl (C=O) groups excluding carboxylic acids is 1. The average Bonchev–Trinajstić information content (AvgIpc) is 2.71. The van der Waals surface area contributed by atoms with E-state index < -0.39 is 11.9 Å². The van der Waals surface area contributed by atoms with E-state index in [1.54, 1.807) is 20.2 Å². The van der Waals surface area contributed by atoms with E-state index in [0.717, 1.165) is 5.56 Å². The molecule has 0 saturated heterocycles. The number of urea groups is 1. The number of carboxylic acid groups (broad SMARTS) is 1. The number of furan rings is 1. The van der Waals surface area contributed by atoms with E-state index in [1.165, 1.54) is 4.90 Å². The summed E-state index contributed by atoms with van der Waals surface area (Å²) in [6.45, 7) is 3.91. The van der Waals surface area contributed by atoms with Gasteiger partial charge in [0, 0.05) is 13.6 Å². The van der Waals surface area contributed by atoms with Gasteiger partial charge >= 0.3 is 12.0 Å². The van der Waals surface area contributed by atoms with Crippen LogP contribution in [0.25, 0.3) is 0 Å². The molecule has 1 atom stereocenters. The number of nitrogens with one attached hydrogen (secondary N) is 1. The molecule has 18 heavy (non-hydrogen) atoms. The lowest BCUT2D eigenvalue weighted by atomic mass is 10.2. The topological polar surface area (TPSA) is 82.8 Å². The molecule has 1 aromatic rings. The first-order valence-electron chi connectivity index (χ1n) is 5.66. The van der Waals surface area contributed by atoms with Crippen LogP contribution in [-0.4, -0.2) is 35.6 Å². The molecule has 0 saturated carbocycles. The Morgan fingerprint density at radius 2 is 2.22 bits per heavy atom. The summed E-state index contributed by atoms with van der Waals surface area (Å²) in [5.41, 5.74) is 0.969. The molecule has 0 fully saturated rings. The minimum atomic E-state index is -0.920. The quantitative estimate of drug-likeness (QED) is 0.833. The second-order valence-corrected chi connectivity index (χ2v) is 4.31. The molecule has 2 amide bonds. The minimum Gasteiger partial charge on any atom is -0.481 e. The summed E-state index contributed by atoms with van der Waals surface area (Å²) in [6, 6.07) is 1.50. The van der Waals surface area contributed by atoms with Crippen LogP contribution >= 0.6 is 0 Å². The van der Waals surface area contributed by atoms with Crippen LogP contribution in [0, 0.1) is 12.8 Å². The van der Waals surface area contributed by atoms with E-state index in [-0.39, 0.29) is 12.6 Å². The Morgan fingerprint density at radius 1 is 1.56 bits per heavy atom. The van der Waals surface area contributed by atoms with Crippen molar-refractivity contribution in [2.75, 3.05) is 13.6 Å². The van der Waals surface area contributed by atoms with Crippen LogP contribution in [0.4, 0.5) is 4.79 Å². The van der Waals surface area contributed by atoms with E-state index in [1.807, 2.05) is 13.0 Å². The Balaban J connectivity index is 2.41. The van der Waals surface area contributed by atoms with Crippen LogP contribution in [0.2, 0.25) is 0 Å². The molecular weight excluding hydrogens is 236 g/mol. The number of amides is 2. The Morgan fingerprint density at radius 3 is 2.72 bits per heavy atom. The molecule has 0 radical (unpaired) electrons. The van der Waals surface area contributed by atoms with Gasteiger partial charge < -0.3 is 19.7 Å². The highest BCUT2D eigenvalue weighted by Crippen LogP contribution is 2.08. The van der Waals surface area contributed by atoms with Gasteiger partial charge in [0.25, 0.3) is 0 Å². The van der Waals surface area contributed by atoms with Crippen molar-refractivity contribution in [1.29, 1.82) is 0 Å². The van der Waals surface area contributed by atoms with Gasteiger partial charge in [0.05, 0.1) is 18.7 Å². The summed E-state index contributed by atoms with van der Waals surface area (Å²) >= 11 is 0. The summed E-state index contributed by atoms with van der Waals surface area (Å²) in [7, 11) is 1.56. The highest BCUT2D eigenvalue weighted by Gasteiger charge is 2.17. The van der Waals surface area contributed by atoms with E-state index >= 15 is 0 Å². The maximum Gasteiger partial charge on any atom is 0.317 e. The van der Waals surface area contributed by atoms with E-state index in [0.29, 0.717) is 12.3 Å². The third-order valence-electron chi connectivity index (χ3n) is 2.68. The largest absolute Gasteiger partial charge is 0.481 e. The zero-order valence-corrected chi connectivity index (χ0v) is 10.8. The van der Waals surface area contributed by atoms with Crippen molar-refractivity contribution in [2.24, 2.45) is 5.92 Å². The summed E-state index contributed by atoms with van der Waals surface area (Å²) in [5.74, 6) is -0.814. The monoisotopic (exact) mass is 254 g/mol. The van der Waals surface area contributed by atoms with Crippen molar-refractivity contribution in [2.45, 2.75) is 20.4 Å². The van der Waals surface area contributed by atoms with Crippen LogP contribution < -0.4 is 5.32 Å².